The van der Waals surface area contributed by atoms with Crippen molar-refractivity contribution >= 4 is 45.9 Å². The summed E-state index contributed by atoms with van der Waals surface area (Å²) in [5, 5.41) is 4.71. The monoisotopic (exact) mass is 481 g/mol. The molecular weight excluding hydrogens is 457 g/mol. The summed E-state index contributed by atoms with van der Waals surface area (Å²) >= 11 is 0. The Morgan fingerprint density at radius 2 is 0.971 bits per heavy atom. The number of carbonyl (C=O) groups excluding carboxylic acids is 3. The lowest BCUT2D eigenvalue weighted by atomic mass is 10.2. The highest BCUT2D eigenvalue weighted by atomic mass is 31.2. The summed E-state index contributed by atoms with van der Waals surface area (Å²) in [7, 11) is 1.24. The number of amides is 2. The number of esters is 1. The van der Waals surface area contributed by atoms with E-state index in [2.05, 4.69) is 5.32 Å². The minimum Gasteiger partial charge on any atom is -0.465 e. The second-order valence-corrected chi connectivity index (χ2v) is 11.0. The molecule has 2 amide bonds. The Morgan fingerprint density at radius 3 is 1.34 bits per heavy atom. The largest absolute Gasteiger partial charge is 0.465 e. The maximum absolute atomic E-state index is 13.9. The Hall–Kier alpha value is -4.21. The molecule has 0 aliphatic rings. The van der Waals surface area contributed by atoms with Crippen molar-refractivity contribution in [2.75, 3.05) is 7.11 Å². The molecule has 4 rings (SSSR count). The van der Waals surface area contributed by atoms with Gasteiger partial charge in [0.1, 0.15) is 5.29 Å². The molecule has 4 aromatic rings. The third-order valence-corrected chi connectivity index (χ3v) is 9.90. The smallest absolute Gasteiger partial charge is 0.344 e. The first-order valence-electron chi connectivity index (χ1n) is 11.0. The van der Waals surface area contributed by atoms with Crippen LogP contribution in [0.3, 0.4) is 0 Å². The van der Waals surface area contributed by atoms with E-state index < -0.39 is 24.7 Å². The topological polar surface area (TPSA) is 72.5 Å². The molecule has 0 aromatic heterocycles. The molecule has 0 fully saturated rings. The van der Waals surface area contributed by atoms with Gasteiger partial charge in [-0.2, -0.15) is 0 Å². The van der Waals surface area contributed by atoms with Crippen molar-refractivity contribution < 1.29 is 19.1 Å². The van der Waals surface area contributed by atoms with Crippen LogP contribution in [0.4, 0.5) is 0 Å². The Morgan fingerprint density at radius 1 is 0.600 bits per heavy atom. The number of ether oxygens (including phenoxy) is 1. The predicted octanol–water partition coefficient (Wildman–Crippen LogP) is 3.28. The quantitative estimate of drug-likeness (QED) is 0.261. The number of benzene rings is 4. The second-order valence-electron chi connectivity index (χ2n) is 7.67. The van der Waals surface area contributed by atoms with Gasteiger partial charge in [0.2, 0.25) is 0 Å². The van der Waals surface area contributed by atoms with E-state index >= 15 is 0 Å². The summed E-state index contributed by atoms with van der Waals surface area (Å²) in [6.07, 6.45) is 0. The van der Waals surface area contributed by atoms with Crippen molar-refractivity contribution in [3.63, 3.8) is 0 Å². The second kappa shape index (κ2) is 10.8. The lowest BCUT2D eigenvalue weighted by Gasteiger charge is -2.31. The van der Waals surface area contributed by atoms with E-state index in [1.807, 2.05) is 91.0 Å². The van der Waals surface area contributed by atoms with E-state index in [0.717, 1.165) is 15.9 Å². The van der Waals surface area contributed by atoms with Crippen LogP contribution in [0.5, 0.6) is 0 Å². The fraction of sp³-hybridized carbons (Fsp3) is 0.0345. The number of rotatable bonds is 6. The summed E-state index contributed by atoms with van der Waals surface area (Å²) in [6, 6.07) is 36.7. The summed E-state index contributed by atoms with van der Waals surface area (Å²) < 4.78 is 5.17. The number of carbonyl (C=O) groups is 3. The minimum absolute atomic E-state index is 0.104. The van der Waals surface area contributed by atoms with Gasteiger partial charge in [0.15, 0.2) is 0 Å². The van der Waals surface area contributed by atoms with Gasteiger partial charge in [-0.3, -0.25) is 14.9 Å². The van der Waals surface area contributed by atoms with Crippen LogP contribution < -0.4 is 21.2 Å². The summed E-state index contributed by atoms with van der Waals surface area (Å²) in [5.74, 6) is -2.16. The van der Waals surface area contributed by atoms with Crippen LogP contribution in [0.15, 0.2) is 121 Å². The van der Waals surface area contributed by atoms with E-state index in [-0.39, 0.29) is 5.29 Å². The van der Waals surface area contributed by atoms with Crippen molar-refractivity contribution in [2.24, 2.45) is 0 Å². The van der Waals surface area contributed by atoms with Gasteiger partial charge in [-0.05, 0) is 34.9 Å². The third-order valence-electron chi connectivity index (χ3n) is 5.62. The standard InChI is InChI=1S/C29H24NO4P/c1-34-29(33)26(28(32)30-27(31)22-14-6-2-7-15-22)35(23-16-8-3-9-17-23,24-18-10-4-11-19-24)25-20-12-5-13-21-25/h2-21H,1H3,(H,30,31,32). The number of nitrogens with one attached hydrogen (secondary N) is 1. The Bertz CT molecular complexity index is 1280. The zero-order valence-corrected chi connectivity index (χ0v) is 20.0. The molecule has 1 N–H and O–H groups in total. The van der Waals surface area contributed by atoms with Crippen LogP contribution >= 0.6 is 6.89 Å². The van der Waals surface area contributed by atoms with E-state index in [0.29, 0.717) is 5.56 Å². The molecule has 0 saturated carbocycles. The highest BCUT2D eigenvalue weighted by molar-refractivity contribution is 7.97. The first-order chi connectivity index (χ1) is 17.1. The number of methoxy groups -OCH3 is 1. The maximum atomic E-state index is 13.9. The normalized spacial score (nSPS) is 10.8. The predicted molar refractivity (Wildman–Crippen MR) is 141 cm³/mol. The van der Waals surface area contributed by atoms with Crippen molar-refractivity contribution in [3.8, 4) is 0 Å². The van der Waals surface area contributed by atoms with Crippen LogP contribution in [0, 0.1) is 0 Å². The maximum Gasteiger partial charge on any atom is 0.344 e. The first-order valence-corrected chi connectivity index (χ1v) is 12.8. The Labute approximate surface area is 204 Å². The molecule has 4 aromatic carbocycles. The van der Waals surface area contributed by atoms with Crippen molar-refractivity contribution in [3.05, 3.63) is 127 Å². The molecule has 0 aliphatic carbocycles. The van der Waals surface area contributed by atoms with Crippen molar-refractivity contribution in [1.82, 2.24) is 5.32 Å². The van der Waals surface area contributed by atoms with Gasteiger partial charge in [-0.25, -0.2) is 4.79 Å². The van der Waals surface area contributed by atoms with Gasteiger partial charge in [-0.1, -0.05) is 109 Å². The van der Waals surface area contributed by atoms with Crippen LogP contribution in [0.2, 0.25) is 0 Å². The minimum atomic E-state index is -3.06. The van der Waals surface area contributed by atoms with Gasteiger partial charge >= 0.3 is 5.97 Å². The Balaban J connectivity index is 2.09. The fourth-order valence-corrected chi connectivity index (χ4v) is 8.34. The number of hydrogen-bond acceptors (Lipinski definition) is 4. The van der Waals surface area contributed by atoms with E-state index in [4.69, 9.17) is 4.74 Å². The van der Waals surface area contributed by atoms with E-state index in [1.165, 1.54) is 7.11 Å². The molecule has 0 heterocycles. The zero-order valence-electron chi connectivity index (χ0n) is 19.1. The SMILES string of the molecule is COC(=O)C(C(=O)NC(=O)c1ccccc1)=P(c1ccccc1)(c1ccccc1)c1ccccc1. The lowest BCUT2D eigenvalue weighted by Crippen LogP contribution is -2.45. The van der Waals surface area contributed by atoms with Gasteiger partial charge in [-0.15, -0.1) is 0 Å². The molecule has 6 heteroatoms. The van der Waals surface area contributed by atoms with Crippen LogP contribution in [-0.2, 0) is 14.3 Å². The molecular formula is C29H24NO4P. The number of hydrogen-bond donors (Lipinski definition) is 1. The average Bonchev–Trinajstić information content (AvgIpc) is 2.93. The van der Waals surface area contributed by atoms with Crippen LogP contribution in [0.25, 0.3) is 0 Å². The molecule has 0 bridgehead atoms. The van der Waals surface area contributed by atoms with Crippen molar-refractivity contribution in [1.29, 1.82) is 0 Å². The van der Waals surface area contributed by atoms with Gasteiger partial charge in [0.25, 0.3) is 11.8 Å². The van der Waals surface area contributed by atoms with Crippen molar-refractivity contribution in [2.45, 2.75) is 0 Å². The molecule has 5 nitrogen and oxygen atoms in total. The molecule has 0 saturated heterocycles. The zero-order chi connectivity index (χ0) is 24.7. The molecule has 0 aliphatic heterocycles. The summed E-state index contributed by atoms with van der Waals surface area (Å²) in [6.45, 7) is -3.06. The van der Waals surface area contributed by atoms with E-state index in [9.17, 15) is 14.4 Å². The van der Waals surface area contributed by atoms with Gasteiger partial charge in [0.05, 0.1) is 7.11 Å². The highest BCUT2D eigenvalue weighted by Gasteiger charge is 2.38. The Kier molecular flexibility index (Phi) is 7.39. The summed E-state index contributed by atoms with van der Waals surface area (Å²) in [5.41, 5.74) is 0.313. The molecule has 0 radical (unpaired) electrons. The molecule has 35 heavy (non-hydrogen) atoms. The highest BCUT2D eigenvalue weighted by Crippen LogP contribution is 2.46. The molecule has 0 unspecified atom stereocenters. The first kappa shape index (κ1) is 23.9. The number of imide groups is 1. The van der Waals surface area contributed by atoms with E-state index in [1.54, 1.807) is 30.3 Å². The summed E-state index contributed by atoms with van der Waals surface area (Å²) in [4.78, 5) is 40.2. The van der Waals surface area contributed by atoms with Gasteiger partial charge in [0, 0.05) is 5.56 Å². The fourth-order valence-electron chi connectivity index (χ4n) is 4.09. The average molecular weight is 481 g/mol. The lowest BCUT2D eigenvalue weighted by molar-refractivity contribution is -0.133. The molecule has 0 spiro atoms. The van der Waals surface area contributed by atoms with Gasteiger partial charge < -0.3 is 4.74 Å². The third kappa shape index (κ3) is 4.72. The van der Waals surface area contributed by atoms with Crippen LogP contribution in [0.1, 0.15) is 10.4 Å². The molecule has 0 atom stereocenters. The molecule has 174 valence electrons. The van der Waals surface area contributed by atoms with Crippen LogP contribution in [-0.4, -0.2) is 30.2 Å².